The molecule has 2 heterocycles. The van der Waals surface area contributed by atoms with Gasteiger partial charge < -0.3 is 15.4 Å². The van der Waals surface area contributed by atoms with Gasteiger partial charge in [-0.3, -0.25) is 19.3 Å². The molecule has 0 atom stereocenters. The van der Waals surface area contributed by atoms with Gasteiger partial charge in [0.25, 0.3) is 11.8 Å². The average molecular weight is 407 g/mol. The zero-order chi connectivity index (χ0) is 21.7. The van der Waals surface area contributed by atoms with Crippen molar-refractivity contribution in [1.82, 2.24) is 14.8 Å². The number of benzene rings is 1. The molecule has 156 valence electrons. The van der Waals surface area contributed by atoms with Gasteiger partial charge in [0.15, 0.2) is 0 Å². The maximum absolute atomic E-state index is 12.8. The third-order valence-electron chi connectivity index (χ3n) is 4.56. The first kappa shape index (κ1) is 21.0. The molecule has 0 aliphatic rings. The molecule has 3 rings (SSSR count). The molecule has 0 bridgehead atoms. The molecule has 2 amide bonds. The van der Waals surface area contributed by atoms with Crippen molar-refractivity contribution in [3.8, 4) is 5.75 Å². The number of hydrogen-bond donors (Lipinski definition) is 2. The minimum atomic E-state index is -0.334. The molecule has 0 saturated carbocycles. The third kappa shape index (κ3) is 4.83. The molecule has 0 radical (unpaired) electrons. The van der Waals surface area contributed by atoms with Crippen LogP contribution in [0, 0.1) is 13.8 Å². The summed E-state index contributed by atoms with van der Waals surface area (Å²) in [5.41, 5.74) is 3.51. The number of ether oxygens (including phenoxy) is 1. The number of methoxy groups -OCH3 is 1. The second kappa shape index (κ2) is 9.21. The normalized spacial score (nSPS) is 10.5. The predicted octanol–water partition coefficient (Wildman–Crippen LogP) is 3.82. The number of amides is 2. The molecular weight excluding hydrogens is 382 g/mol. The monoisotopic (exact) mass is 407 g/mol. The highest BCUT2D eigenvalue weighted by molar-refractivity contribution is 6.08. The van der Waals surface area contributed by atoms with Gasteiger partial charge >= 0.3 is 0 Å². The minimum absolute atomic E-state index is 0.279. The standard InChI is InChI=1S/C22H25N5O3/c1-5-8-27-13-17(11-24-27)25-21(28)16-7-6-14(2)19(10-16)26-22(29)18-9-15(3)23-12-20(18)30-4/h6-7,9-13H,5,8H2,1-4H3,(H,25,28)(H,26,29). The van der Waals surface area contributed by atoms with Gasteiger partial charge in [-0.05, 0) is 44.0 Å². The Morgan fingerprint density at radius 2 is 1.90 bits per heavy atom. The van der Waals surface area contributed by atoms with E-state index in [0.717, 1.165) is 18.5 Å². The van der Waals surface area contributed by atoms with Crippen molar-refractivity contribution in [3.63, 3.8) is 0 Å². The quantitative estimate of drug-likeness (QED) is 0.620. The van der Waals surface area contributed by atoms with Crippen LogP contribution in [-0.2, 0) is 6.54 Å². The number of rotatable bonds is 7. The van der Waals surface area contributed by atoms with Crippen molar-refractivity contribution >= 4 is 23.2 Å². The fraction of sp³-hybridized carbons (Fsp3) is 0.273. The van der Waals surface area contributed by atoms with Crippen LogP contribution in [0.3, 0.4) is 0 Å². The number of aromatic nitrogens is 3. The molecule has 8 nitrogen and oxygen atoms in total. The second-order valence-electron chi connectivity index (χ2n) is 6.96. The molecule has 0 unspecified atom stereocenters. The van der Waals surface area contributed by atoms with Crippen LogP contribution in [0.15, 0.2) is 42.9 Å². The predicted molar refractivity (Wildman–Crippen MR) is 115 cm³/mol. The summed E-state index contributed by atoms with van der Waals surface area (Å²) < 4.78 is 7.02. The highest BCUT2D eigenvalue weighted by Gasteiger charge is 2.16. The topological polar surface area (TPSA) is 98.1 Å². The number of carbonyl (C=O) groups is 2. The van der Waals surface area contributed by atoms with Crippen molar-refractivity contribution in [2.45, 2.75) is 33.7 Å². The van der Waals surface area contributed by atoms with E-state index in [0.29, 0.717) is 33.9 Å². The summed E-state index contributed by atoms with van der Waals surface area (Å²) in [7, 11) is 1.49. The van der Waals surface area contributed by atoms with Gasteiger partial charge in [-0.25, -0.2) is 0 Å². The minimum Gasteiger partial charge on any atom is -0.494 e. The van der Waals surface area contributed by atoms with Crippen molar-refractivity contribution in [2.75, 3.05) is 17.7 Å². The molecule has 0 fully saturated rings. The van der Waals surface area contributed by atoms with Crippen molar-refractivity contribution < 1.29 is 14.3 Å². The lowest BCUT2D eigenvalue weighted by Gasteiger charge is -2.13. The number of carbonyl (C=O) groups excluding carboxylic acids is 2. The van der Waals surface area contributed by atoms with Crippen LogP contribution in [0.4, 0.5) is 11.4 Å². The van der Waals surface area contributed by atoms with E-state index in [-0.39, 0.29) is 11.8 Å². The molecule has 30 heavy (non-hydrogen) atoms. The van der Waals surface area contributed by atoms with Gasteiger partial charge in [0.2, 0.25) is 0 Å². The van der Waals surface area contributed by atoms with E-state index in [1.54, 1.807) is 48.3 Å². The van der Waals surface area contributed by atoms with Crippen molar-refractivity contribution in [3.05, 3.63) is 65.2 Å². The molecule has 0 spiro atoms. The Morgan fingerprint density at radius 3 is 2.63 bits per heavy atom. The number of aryl methyl sites for hydroxylation is 3. The summed E-state index contributed by atoms with van der Waals surface area (Å²) >= 11 is 0. The summed E-state index contributed by atoms with van der Waals surface area (Å²) in [6, 6.07) is 6.82. The van der Waals surface area contributed by atoms with E-state index in [1.165, 1.54) is 13.3 Å². The Bertz CT molecular complexity index is 1070. The van der Waals surface area contributed by atoms with E-state index in [2.05, 4.69) is 27.6 Å². The summed E-state index contributed by atoms with van der Waals surface area (Å²) in [5, 5.41) is 9.91. The first-order valence-electron chi connectivity index (χ1n) is 9.67. The van der Waals surface area contributed by atoms with Gasteiger partial charge in [-0.2, -0.15) is 5.10 Å². The van der Waals surface area contributed by atoms with Crippen LogP contribution in [0.2, 0.25) is 0 Å². The zero-order valence-corrected chi connectivity index (χ0v) is 17.5. The SMILES string of the molecule is CCCn1cc(NC(=O)c2ccc(C)c(NC(=O)c3cc(C)ncc3OC)c2)cn1. The lowest BCUT2D eigenvalue weighted by atomic mass is 10.1. The lowest BCUT2D eigenvalue weighted by Crippen LogP contribution is -2.16. The van der Waals surface area contributed by atoms with Gasteiger partial charge in [0.05, 0.1) is 30.8 Å². The molecular formula is C22H25N5O3. The molecule has 8 heteroatoms. The van der Waals surface area contributed by atoms with Gasteiger partial charge in [0.1, 0.15) is 5.75 Å². The smallest absolute Gasteiger partial charge is 0.259 e. The molecule has 2 N–H and O–H groups in total. The Hall–Kier alpha value is -3.68. The van der Waals surface area contributed by atoms with Crippen molar-refractivity contribution in [2.24, 2.45) is 0 Å². The Morgan fingerprint density at radius 1 is 1.10 bits per heavy atom. The Balaban J connectivity index is 1.78. The van der Waals surface area contributed by atoms with E-state index in [1.807, 2.05) is 6.92 Å². The maximum Gasteiger partial charge on any atom is 0.259 e. The van der Waals surface area contributed by atoms with Crippen molar-refractivity contribution in [1.29, 1.82) is 0 Å². The highest BCUT2D eigenvalue weighted by atomic mass is 16.5. The number of pyridine rings is 1. The van der Waals surface area contributed by atoms with Crippen LogP contribution >= 0.6 is 0 Å². The third-order valence-corrected chi connectivity index (χ3v) is 4.56. The first-order chi connectivity index (χ1) is 14.4. The highest BCUT2D eigenvalue weighted by Crippen LogP contribution is 2.22. The fourth-order valence-electron chi connectivity index (χ4n) is 2.96. The van der Waals surface area contributed by atoms with E-state index in [4.69, 9.17) is 4.74 Å². The van der Waals surface area contributed by atoms with Crippen LogP contribution in [0.1, 0.15) is 45.3 Å². The average Bonchev–Trinajstić information content (AvgIpc) is 3.16. The number of anilines is 2. The summed E-state index contributed by atoms with van der Waals surface area (Å²) in [4.78, 5) is 29.6. The van der Waals surface area contributed by atoms with Crippen LogP contribution in [0.25, 0.3) is 0 Å². The first-order valence-corrected chi connectivity index (χ1v) is 9.67. The van der Waals surface area contributed by atoms with Gasteiger partial charge in [-0.1, -0.05) is 13.0 Å². The molecule has 0 aliphatic carbocycles. The zero-order valence-electron chi connectivity index (χ0n) is 17.5. The molecule has 0 aliphatic heterocycles. The van der Waals surface area contributed by atoms with Crippen LogP contribution in [0.5, 0.6) is 5.75 Å². The molecule has 3 aromatic rings. The van der Waals surface area contributed by atoms with E-state index < -0.39 is 0 Å². The lowest BCUT2D eigenvalue weighted by molar-refractivity contribution is 0.101. The van der Waals surface area contributed by atoms with Gasteiger partial charge in [-0.15, -0.1) is 0 Å². The summed E-state index contributed by atoms with van der Waals surface area (Å²) in [6.45, 7) is 6.51. The largest absolute Gasteiger partial charge is 0.494 e. The Kier molecular flexibility index (Phi) is 6.46. The van der Waals surface area contributed by atoms with Crippen LogP contribution in [-0.4, -0.2) is 33.7 Å². The second-order valence-corrected chi connectivity index (χ2v) is 6.96. The number of nitrogens with zero attached hydrogens (tertiary/aromatic N) is 3. The van der Waals surface area contributed by atoms with E-state index in [9.17, 15) is 9.59 Å². The molecule has 2 aromatic heterocycles. The van der Waals surface area contributed by atoms with E-state index >= 15 is 0 Å². The van der Waals surface area contributed by atoms with Crippen LogP contribution < -0.4 is 15.4 Å². The van der Waals surface area contributed by atoms with Gasteiger partial charge in [0, 0.05) is 29.7 Å². The molecule has 1 aromatic carbocycles. The number of hydrogen-bond acceptors (Lipinski definition) is 5. The maximum atomic E-state index is 12.8. The Labute approximate surface area is 175 Å². The summed E-state index contributed by atoms with van der Waals surface area (Å²) in [5.74, 6) is -0.230. The fourth-order valence-corrected chi connectivity index (χ4v) is 2.96. The summed E-state index contributed by atoms with van der Waals surface area (Å²) in [6.07, 6.45) is 5.87. The molecule has 0 saturated heterocycles. The number of nitrogens with one attached hydrogen (secondary N) is 2.